The van der Waals surface area contributed by atoms with Crippen LogP contribution in [-0.2, 0) is 30.5 Å². The van der Waals surface area contributed by atoms with Gasteiger partial charge < -0.3 is 61.6 Å². The zero-order chi connectivity index (χ0) is 40.6. The van der Waals surface area contributed by atoms with Crippen molar-refractivity contribution < 1.29 is 78.5 Å². The number of aliphatic hydroxyl groups excluding tert-OH is 2. The first-order chi connectivity index (χ1) is 27.4. The van der Waals surface area contributed by atoms with Gasteiger partial charge in [-0.2, -0.15) is 0 Å². The van der Waals surface area contributed by atoms with E-state index in [1.165, 1.54) is 0 Å². The molecule has 6 rings (SSSR count). The van der Waals surface area contributed by atoms with Gasteiger partial charge in [0.15, 0.2) is 5.11 Å². The second-order valence-corrected chi connectivity index (χ2v) is 14.3. The van der Waals surface area contributed by atoms with Gasteiger partial charge in [0, 0.05) is 23.5 Å². The van der Waals surface area contributed by atoms with E-state index < -0.39 is 54.6 Å². The van der Waals surface area contributed by atoms with Gasteiger partial charge in [0.05, 0.1) is 43.2 Å². The summed E-state index contributed by atoms with van der Waals surface area (Å²) in [7, 11) is 0. The van der Waals surface area contributed by atoms with Gasteiger partial charge in [0.25, 0.3) is 5.91 Å². The van der Waals surface area contributed by atoms with Crippen molar-refractivity contribution in [1.82, 2.24) is 15.5 Å². The molecule has 3 heterocycles. The van der Waals surface area contributed by atoms with Crippen LogP contribution in [0, 0.1) is 0 Å². The summed E-state index contributed by atoms with van der Waals surface area (Å²) in [5, 5.41) is 43.3. The van der Waals surface area contributed by atoms with Gasteiger partial charge in [-0.3, -0.25) is 19.3 Å². The Labute approximate surface area is 362 Å². The second-order valence-electron chi connectivity index (χ2n) is 13.9. The zero-order valence-electron chi connectivity index (χ0n) is 32.4. The number of carbonyl (C=O) groups is 3. The van der Waals surface area contributed by atoms with Crippen LogP contribution in [0.25, 0.3) is 0 Å². The first-order valence-corrected chi connectivity index (χ1v) is 19.0. The molecule has 5 unspecified atom stereocenters. The van der Waals surface area contributed by atoms with Crippen LogP contribution < -0.4 is 66.6 Å². The van der Waals surface area contributed by atoms with E-state index >= 15 is 0 Å². The molecule has 0 spiro atoms. The number of nitrogens with two attached hydrogens (primary N) is 1. The monoisotopic (exact) mass is 827 g/mol. The second kappa shape index (κ2) is 20.8. The number of aliphatic imine (C=N–C) groups is 1. The minimum atomic E-state index is -1.32. The summed E-state index contributed by atoms with van der Waals surface area (Å²) < 4.78 is 16.8. The molecule has 58 heavy (non-hydrogen) atoms. The van der Waals surface area contributed by atoms with Crippen LogP contribution in [0.3, 0.4) is 0 Å². The molecule has 3 aliphatic heterocycles. The van der Waals surface area contributed by atoms with Crippen LogP contribution in [0.15, 0.2) is 71.7 Å². The number of amides is 3. The fourth-order valence-corrected chi connectivity index (χ4v) is 6.82. The molecule has 1 fully saturated rings. The van der Waals surface area contributed by atoms with E-state index in [1.54, 1.807) is 67.3 Å². The predicted octanol–water partition coefficient (Wildman–Crippen LogP) is -1.81. The Hall–Kier alpha value is -4.05. The number of nitrogens with zero attached hydrogens (tertiary/aromatic N) is 2. The van der Waals surface area contributed by atoms with Gasteiger partial charge in [0.1, 0.15) is 35.9 Å². The van der Waals surface area contributed by atoms with Crippen molar-refractivity contribution in [3.63, 3.8) is 0 Å². The van der Waals surface area contributed by atoms with Crippen LogP contribution in [0.4, 0.5) is 17.1 Å². The number of rotatable bonds is 16. The summed E-state index contributed by atoms with van der Waals surface area (Å²) >= 11 is 5.40. The summed E-state index contributed by atoms with van der Waals surface area (Å²) in [4.78, 5) is 48.7. The normalized spacial score (nSPS) is 21.6. The van der Waals surface area contributed by atoms with Gasteiger partial charge in [-0.1, -0.05) is 18.2 Å². The molecule has 19 heteroatoms. The largest absolute Gasteiger partial charge is 1.00 e. The number of thiocarbonyl (C=S) groups is 1. The Bertz CT molecular complexity index is 1970. The Morgan fingerprint density at radius 1 is 1.02 bits per heavy atom. The number of hydrogen-bond acceptors (Lipinski definition) is 13. The molecule has 7 atom stereocenters. The van der Waals surface area contributed by atoms with Gasteiger partial charge >= 0.3 is 29.6 Å². The average Bonchev–Trinajstić information content (AvgIpc) is 3.47. The van der Waals surface area contributed by atoms with Crippen molar-refractivity contribution in [3.05, 3.63) is 83.4 Å². The van der Waals surface area contributed by atoms with Crippen molar-refractivity contribution in [1.29, 1.82) is 0 Å². The number of aliphatic hydroxyl groups is 2. The first kappa shape index (κ1) is 45.0. The van der Waals surface area contributed by atoms with Gasteiger partial charge in [0.2, 0.25) is 18.1 Å². The number of ether oxygens (including phenoxy) is 3. The maximum absolute atomic E-state index is 13.0. The van der Waals surface area contributed by atoms with Crippen LogP contribution in [0.1, 0.15) is 54.6 Å². The third kappa shape index (κ3) is 11.0. The molecule has 3 aliphatic rings. The molecule has 17 nitrogen and oxygen atoms in total. The zero-order valence-corrected chi connectivity index (χ0v) is 35.2. The summed E-state index contributed by atoms with van der Waals surface area (Å²) in [5.41, 5.74) is 10.3. The predicted molar refractivity (Wildman–Crippen MR) is 210 cm³/mol. The summed E-state index contributed by atoms with van der Waals surface area (Å²) in [6, 6.07) is 17.8. The van der Waals surface area contributed by atoms with Crippen LogP contribution in [0.2, 0.25) is 0 Å². The molecule has 3 amide bonds. The van der Waals surface area contributed by atoms with Crippen molar-refractivity contribution in [3.8, 4) is 5.75 Å². The van der Waals surface area contributed by atoms with Crippen molar-refractivity contribution in [2.75, 3.05) is 30.4 Å². The topological polar surface area (TPSA) is 241 Å². The number of nitrogens with one attached hydrogen (secondary N) is 4. The Kier molecular flexibility index (Phi) is 16.1. The third-order valence-corrected chi connectivity index (χ3v) is 9.99. The molecule has 304 valence electrons. The SMILES string of the molecule is CC1OC(Oc2ccc(NC(=S)NCCCC[C@H](N)C(=O)N[C@H](C)C(=O)Nc3ccc4c(c3)CN3C(=O)c5ccccc5C3=N4)cc2)C(O)C(OCCO[O-])C1O.[Na+]. The number of anilines is 2. The fraction of sp³-hybridized carbons (Fsp3) is 0.410. The van der Waals surface area contributed by atoms with Crippen LogP contribution in [-0.4, -0.2) is 106 Å². The van der Waals surface area contributed by atoms with Crippen molar-refractivity contribution in [2.24, 2.45) is 10.7 Å². The van der Waals surface area contributed by atoms with E-state index in [2.05, 4.69) is 26.2 Å². The van der Waals surface area contributed by atoms with Crippen LogP contribution >= 0.6 is 12.2 Å². The first-order valence-electron chi connectivity index (χ1n) is 18.6. The number of unbranched alkanes of at least 4 members (excludes halogenated alkanes) is 1. The summed E-state index contributed by atoms with van der Waals surface area (Å²) in [6.45, 7) is 3.70. The number of carbonyl (C=O) groups excluding carboxylic acids is 3. The van der Waals surface area contributed by atoms with Crippen LogP contribution in [0.5, 0.6) is 5.75 Å². The number of hydrogen-bond donors (Lipinski definition) is 7. The van der Waals surface area contributed by atoms with E-state index in [9.17, 15) is 29.9 Å². The Morgan fingerprint density at radius 2 is 1.74 bits per heavy atom. The molecule has 0 aromatic heterocycles. The maximum atomic E-state index is 13.0. The Balaban J connectivity index is 0.00000641. The molecule has 8 N–H and O–H groups in total. The minimum absolute atomic E-state index is 0. The van der Waals surface area contributed by atoms with E-state index in [-0.39, 0.29) is 48.7 Å². The summed E-state index contributed by atoms with van der Waals surface area (Å²) in [6.07, 6.45) is -3.61. The molecule has 1 saturated heterocycles. The molecule has 0 radical (unpaired) electrons. The van der Waals surface area contributed by atoms with Gasteiger partial charge in [-0.15, -0.1) is 0 Å². The molecular formula is C39H46N7NaO10S. The molecule has 0 aliphatic carbocycles. The van der Waals surface area contributed by atoms with E-state index in [0.29, 0.717) is 66.0 Å². The standard InChI is InChI=1S/C39H47N7O10S.Na/c1-21(35(49)43-25-12-15-30-23(19-25)20-46-34(45-30)27-7-3-4-8-28(27)37(46)51)42-36(50)29(40)9-5-6-16-41-39(57)44-24-10-13-26(14-11-24)56-38-32(48)33(53-17-18-54-52)31(47)22(2)55-38;/h3-4,7-8,10-15,19,21-22,29,31-33,38,47-48,52H,5-6,9,16-18,20,40H2,1-2H3,(H,42,50)(H,43,49)(H2,41,44,57);/q;+1/p-1/t21-,22?,29+,31?,32?,33?,38?;/m1./s1. The minimum Gasteiger partial charge on any atom is -0.723 e. The Morgan fingerprint density at radius 3 is 2.48 bits per heavy atom. The van der Waals surface area contributed by atoms with Gasteiger partial charge in [-0.05, 0) is 99.4 Å². The average molecular weight is 828 g/mol. The maximum Gasteiger partial charge on any atom is 1.00 e. The molecule has 0 saturated carbocycles. The van der Waals surface area contributed by atoms with Crippen molar-refractivity contribution in [2.45, 2.75) is 82.4 Å². The smallest absolute Gasteiger partial charge is 0.723 e. The van der Waals surface area contributed by atoms with Gasteiger partial charge in [-0.25, -0.2) is 4.99 Å². The van der Waals surface area contributed by atoms with E-state index in [4.69, 9.17) is 37.2 Å². The van der Waals surface area contributed by atoms with E-state index in [1.807, 2.05) is 18.2 Å². The molecular weight excluding hydrogens is 782 g/mol. The third-order valence-electron chi connectivity index (χ3n) is 9.74. The number of amidine groups is 1. The van der Waals surface area contributed by atoms with Crippen molar-refractivity contribution >= 4 is 57.9 Å². The number of benzene rings is 3. The van der Waals surface area contributed by atoms with E-state index in [0.717, 1.165) is 16.8 Å². The quantitative estimate of drug-likeness (QED) is 0.0277. The summed E-state index contributed by atoms with van der Waals surface area (Å²) in [5.74, 6) is 0.0503. The molecule has 3 aromatic rings. The molecule has 0 bridgehead atoms. The molecule has 3 aromatic carbocycles. The number of fused-ring (bicyclic) bond motifs is 4. The fourth-order valence-electron chi connectivity index (χ4n) is 6.60.